The van der Waals surface area contributed by atoms with Gasteiger partial charge in [-0.2, -0.15) is 0 Å². The number of rotatable bonds is 6. The normalized spacial score (nSPS) is 10.5. The first kappa shape index (κ1) is 16.4. The minimum absolute atomic E-state index is 0.625. The largest absolute Gasteiger partial charge is 0.298 e. The van der Waals surface area contributed by atoms with Gasteiger partial charge < -0.3 is 0 Å². The lowest BCUT2D eigenvalue weighted by Crippen LogP contribution is -1.93. The third kappa shape index (κ3) is 4.30. The Balaban J connectivity index is 1.64. The molecular formula is C20H18N2OS. The van der Waals surface area contributed by atoms with Crippen molar-refractivity contribution in [2.75, 3.05) is 0 Å². The van der Waals surface area contributed by atoms with Gasteiger partial charge in [-0.15, -0.1) is 0 Å². The molecule has 3 aromatic rings. The van der Waals surface area contributed by atoms with Gasteiger partial charge in [0.15, 0.2) is 6.29 Å². The number of pyridine rings is 2. The summed E-state index contributed by atoms with van der Waals surface area (Å²) in [6.07, 6.45) is 8.03. The Kier molecular flexibility index (Phi) is 5.39. The summed E-state index contributed by atoms with van der Waals surface area (Å²) < 4.78 is 0. The third-order valence-electron chi connectivity index (χ3n) is 3.75. The quantitative estimate of drug-likeness (QED) is 0.621. The van der Waals surface area contributed by atoms with E-state index >= 15 is 0 Å². The summed E-state index contributed by atoms with van der Waals surface area (Å²) >= 11 is 1.58. The van der Waals surface area contributed by atoms with Gasteiger partial charge in [0.1, 0.15) is 0 Å². The van der Waals surface area contributed by atoms with Crippen molar-refractivity contribution in [1.29, 1.82) is 0 Å². The van der Waals surface area contributed by atoms with E-state index < -0.39 is 0 Å². The maximum atomic E-state index is 11.1. The van der Waals surface area contributed by atoms with Crippen molar-refractivity contribution in [2.45, 2.75) is 29.6 Å². The Labute approximate surface area is 146 Å². The van der Waals surface area contributed by atoms with E-state index in [9.17, 15) is 4.79 Å². The van der Waals surface area contributed by atoms with Crippen LogP contribution in [0.3, 0.4) is 0 Å². The van der Waals surface area contributed by atoms with Crippen molar-refractivity contribution in [3.63, 3.8) is 0 Å². The van der Waals surface area contributed by atoms with Crippen LogP contribution in [-0.4, -0.2) is 16.3 Å². The van der Waals surface area contributed by atoms with Gasteiger partial charge in [0.25, 0.3) is 0 Å². The van der Waals surface area contributed by atoms with Gasteiger partial charge >= 0.3 is 0 Å². The average Bonchev–Trinajstić information content (AvgIpc) is 2.62. The molecule has 0 saturated carbocycles. The van der Waals surface area contributed by atoms with Gasteiger partial charge in [0.2, 0.25) is 0 Å². The molecule has 2 heterocycles. The lowest BCUT2D eigenvalue weighted by atomic mass is 10.1. The molecule has 0 radical (unpaired) electrons. The highest BCUT2D eigenvalue weighted by molar-refractivity contribution is 7.99. The zero-order chi connectivity index (χ0) is 16.8. The molecule has 4 heteroatoms. The third-order valence-corrected chi connectivity index (χ3v) is 4.85. The van der Waals surface area contributed by atoms with Gasteiger partial charge in [-0.1, -0.05) is 23.9 Å². The van der Waals surface area contributed by atoms with E-state index in [4.69, 9.17) is 0 Å². The zero-order valence-corrected chi connectivity index (χ0v) is 14.3. The fourth-order valence-corrected chi connectivity index (χ4v) is 3.35. The van der Waals surface area contributed by atoms with Crippen LogP contribution in [0, 0.1) is 6.92 Å². The minimum Gasteiger partial charge on any atom is -0.298 e. The van der Waals surface area contributed by atoms with Crippen LogP contribution in [0.5, 0.6) is 0 Å². The van der Waals surface area contributed by atoms with E-state index in [1.807, 2.05) is 19.2 Å². The van der Waals surface area contributed by atoms with Crippen LogP contribution >= 0.6 is 11.8 Å². The molecule has 3 rings (SSSR count). The second kappa shape index (κ2) is 7.88. The maximum Gasteiger partial charge on any atom is 0.152 e. The smallest absolute Gasteiger partial charge is 0.152 e. The van der Waals surface area contributed by atoms with Crippen LogP contribution in [0.15, 0.2) is 70.8 Å². The van der Waals surface area contributed by atoms with Gasteiger partial charge in [-0.25, -0.2) is 0 Å². The molecule has 0 atom stereocenters. The number of aldehydes is 1. The molecule has 0 aliphatic rings. The number of nitrogens with zero attached hydrogens (tertiary/aromatic N) is 2. The Morgan fingerprint density at radius 3 is 2.54 bits per heavy atom. The summed E-state index contributed by atoms with van der Waals surface area (Å²) in [7, 11) is 0. The molecule has 0 saturated heterocycles. The average molecular weight is 334 g/mol. The van der Waals surface area contributed by atoms with Gasteiger partial charge in [-0.3, -0.25) is 14.8 Å². The second-order valence-electron chi connectivity index (χ2n) is 5.58. The molecule has 1 aromatic carbocycles. The van der Waals surface area contributed by atoms with Crippen LogP contribution in [0.25, 0.3) is 0 Å². The highest BCUT2D eigenvalue weighted by Crippen LogP contribution is 2.29. The van der Waals surface area contributed by atoms with Crippen LogP contribution in [0.4, 0.5) is 0 Å². The maximum absolute atomic E-state index is 11.1. The van der Waals surface area contributed by atoms with E-state index in [2.05, 4.69) is 46.4 Å². The zero-order valence-electron chi connectivity index (χ0n) is 13.5. The Morgan fingerprint density at radius 2 is 1.79 bits per heavy atom. The van der Waals surface area contributed by atoms with Crippen molar-refractivity contribution in [1.82, 2.24) is 9.97 Å². The number of hydrogen-bond donors (Lipinski definition) is 0. The van der Waals surface area contributed by atoms with Crippen LogP contribution in [-0.2, 0) is 12.8 Å². The highest BCUT2D eigenvalue weighted by atomic mass is 32.2. The van der Waals surface area contributed by atoms with Gasteiger partial charge in [0.05, 0.1) is 0 Å². The molecule has 0 amide bonds. The summed E-state index contributed by atoms with van der Waals surface area (Å²) in [5, 5.41) is 0. The van der Waals surface area contributed by atoms with Crippen LogP contribution in [0.2, 0.25) is 0 Å². The Morgan fingerprint density at radius 1 is 1.00 bits per heavy atom. The first-order chi connectivity index (χ1) is 11.7. The van der Waals surface area contributed by atoms with Gasteiger partial charge in [0, 0.05) is 39.6 Å². The fraction of sp³-hybridized carbons (Fsp3) is 0.150. The molecule has 120 valence electrons. The van der Waals surface area contributed by atoms with Crippen molar-refractivity contribution in [3.05, 3.63) is 83.4 Å². The molecule has 0 aliphatic heterocycles. The SMILES string of the molecule is Cc1cc(CCc2ccc(Sc3ccncc3C=O)cc2)ccn1. The molecule has 24 heavy (non-hydrogen) atoms. The molecule has 2 aromatic heterocycles. The highest BCUT2D eigenvalue weighted by Gasteiger charge is 2.04. The molecule has 0 unspecified atom stereocenters. The standard InChI is InChI=1S/C20H18N2OS/c1-15-12-17(8-11-22-15)3-2-16-4-6-19(7-5-16)24-20-9-10-21-13-18(20)14-23/h4-14H,2-3H2,1H3. The second-order valence-corrected chi connectivity index (χ2v) is 6.70. The van der Waals surface area contributed by atoms with Crippen molar-refractivity contribution in [2.24, 2.45) is 0 Å². The van der Waals surface area contributed by atoms with Crippen molar-refractivity contribution >= 4 is 18.0 Å². The first-order valence-electron chi connectivity index (χ1n) is 7.82. The molecule has 3 nitrogen and oxygen atoms in total. The van der Waals surface area contributed by atoms with E-state index in [1.54, 1.807) is 24.2 Å². The number of carbonyl (C=O) groups is 1. The summed E-state index contributed by atoms with van der Waals surface area (Å²) in [6.45, 7) is 2.02. The molecule has 0 aliphatic carbocycles. The molecule has 0 fully saturated rings. The summed E-state index contributed by atoms with van der Waals surface area (Å²) in [5.74, 6) is 0. The predicted molar refractivity (Wildman–Crippen MR) is 96.6 cm³/mol. The molecule has 0 bridgehead atoms. The minimum atomic E-state index is 0.625. The van der Waals surface area contributed by atoms with Crippen LogP contribution < -0.4 is 0 Å². The number of aryl methyl sites for hydroxylation is 3. The van der Waals surface area contributed by atoms with E-state index in [-0.39, 0.29) is 0 Å². The molecular weight excluding hydrogens is 316 g/mol. The summed E-state index contributed by atoms with van der Waals surface area (Å²) in [6, 6.07) is 14.6. The number of carbonyl (C=O) groups excluding carboxylic acids is 1. The number of aromatic nitrogens is 2. The van der Waals surface area contributed by atoms with Crippen molar-refractivity contribution in [3.8, 4) is 0 Å². The lowest BCUT2D eigenvalue weighted by molar-refractivity contribution is 0.112. The topological polar surface area (TPSA) is 42.9 Å². The lowest BCUT2D eigenvalue weighted by Gasteiger charge is -2.06. The predicted octanol–water partition coefficient (Wildman–Crippen LogP) is 4.53. The number of benzene rings is 1. The number of hydrogen-bond acceptors (Lipinski definition) is 4. The van der Waals surface area contributed by atoms with E-state index in [0.717, 1.165) is 34.6 Å². The van der Waals surface area contributed by atoms with Crippen LogP contribution in [0.1, 0.15) is 27.2 Å². The Hall–Kier alpha value is -2.46. The van der Waals surface area contributed by atoms with Gasteiger partial charge in [-0.05, 0) is 61.2 Å². The molecule has 0 spiro atoms. The Bertz CT molecular complexity index is 831. The van der Waals surface area contributed by atoms with Crippen molar-refractivity contribution < 1.29 is 4.79 Å². The summed E-state index contributed by atoms with van der Waals surface area (Å²) in [4.78, 5) is 21.3. The van der Waals surface area contributed by atoms with E-state index in [0.29, 0.717) is 5.56 Å². The fourth-order valence-electron chi connectivity index (χ4n) is 2.47. The summed E-state index contributed by atoms with van der Waals surface area (Å²) in [5.41, 5.74) is 4.30. The monoisotopic (exact) mass is 334 g/mol. The molecule has 0 N–H and O–H groups in total. The first-order valence-corrected chi connectivity index (χ1v) is 8.64. The van der Waals surface area contributed by atoms with E-state index in [1.165, 1.54) is 11.1 Å².